The van der Waals surface area contributed by atoms with Gasteiger partial charge < -0.3 is 5.73 Å². The average Bonchev–Trinajstić information content (AvgIpc) is 2.24. The summed E-state index contributed by atoms with van der Waals surface area (Å²) in [5, 5.41) is 0. The summed E-state index contributed by atoms with van der Waals surface area (Å²) in [6.07, 6.45) is 0.622. The molecule has 0 aliphatic rings. The molecule has 0 amide bonds. The van der Waals surface area contributed by atoms with Crippen LogP contribution in [0.3, 0.4) is 0 Å². The first-order valence-electron chi connectivity index (χ1n) is 5.09. The molecule has 1 aromatic rings. The van der Waals surface area contributed by atoms with E-state index >= 15 is 0 Å². The largest absolute Gasteiger partial charge is 0.325 e. The van der Waals surface area contributed by atoms with Crippen LogP contribution >= 0.6 is 0 Å². The zero-order valence-corrected chi connectivity index (χ0v) is 9.26. The van der Waals surface area contributed by atoms with Crippen molar-refractivity contribution in [2.45, 2.75) is 33.2 Å². The first-order chi connectivity index (χ1) is 6.72. The Labute approximate surface area is 86.1 Å². The second-order valence-corrected chi connectivity index (χ2v) is 3.10. The minimum atomic E-state index is -0.451. The summed E-state index contributed by atoms with van der Waals surface area (Å²) in [7, 11) is 0. The van der Waals surface area contributed by atoms with E-state index in [0.29, 0.717) is 6.42 Å². The number of nitrogens with two attached hydrogens (primary N) is 1. The summed E-state index contributed by atoms with van der Waals surface area (Å²) in [5.74, 6) is 0. The van der Waals surface area contributed by atoms with E-state index < -0.39 is 6.67 Å². The number of rotatable bonds is 3. The SMILES string of the molecule is CC.Cc1ccc(CC(N)CF)cc1. The highest BCUT2D eigenvalue weighted by atomic mass is 19.1. The fraction of sp³-hybridized carbons (Fsp3) is 0.500. The van der Waals surface area contributed by atoms with Gasteiger partial charge >= 0.3 is 0 Å². The molecule has 2 N–H and O–H groups in total. The van der Waals surface area contributed by atoms with Gasteiger partial charge in [-0.3, -0.25) is 0 Å². The molecule has 0 saturated carbocycles. The highest BCUT2D eigenvalue weighted by molar-refractivity contribution is 5.21. The summed E-state index contributed by atoms with van der Waals surface area (Å²) in [6.45, 7) is 5.58. The molecule has 80 valence electrons. The van der Waals surface area contributed by atoms with Crippen LogP contribution in [0.2, 0.25) is 0 Å². The molecule has 0 aliphatic carbocycles. The Balaban J connectivity index is 0.000000791. The van der Waals surface area contributed by atoms with E-state index in [2.05, 4.69) is 0 Å². The second-order valence-electron chi connectivity index (χ2n) is 3.10. The van der Waals surface area contributed by atoms with E-state index in [0.717, 1.165) is 5.56 Å². The zero-order valence-electron chi connectivity index (χ0n) is 9.26. The Morgan fingerprint density at radius 3 is 2.14 bits per heavy atom. The maximum Gasteiger partial charge on any atom is 0.105 e. The Hall–Kier alpha value is -0.890. The molecular formula is C12H20FN. The molecule has 2 heteroatoms. The maximum absolute atomic E-state index is 12.0. The van der Waals surface area contributed by atoms with Crippen LogP contribution in [0.5, 0.6) is 0 Å². The molecule has 0 saturated heterocycles. The molecule has 0 radical (unpaired) electrons. The van der Waals surface area contributed by atoms with Gasteiger partial charge in [0.15, 0.2) is 0 Å². The third-order valence-electron chi connectivity index (χ3n) is 1.82. The van der Waals surface area contributed by atoms with Gasteiger partial charge in [-0.2, -0.15) is 0 Å². The van der Waals surface area contributed by atoms with Crippen LogP contribution in [0.1, 0.15) is 25.0 Å². The molecule has 1 unspecified atom stereocenters. The van der Waals surface area contributed by atoms with E-state index in [9.17, 15) is 4.39 Å². The minimum Gasteiger partial charge on any atom is -0.325 e. The molecule has 0 aromatic heterocycles. The standard InChI is InChI=1S/C10H14FN.C2H6/c1-8-2-4-9(5-3-8)6-10(12)7-11;1-2/h2-5,10H,6-7,12H2,1H3;1-2H3. The number of alkyl halides is 1. The number of hydrogen-bond acceptors (Lipinski definition) is 1. The van der Waals surface area contributed by atoms with E-state index in [1.54, 1.807) is 0 Å². The Morgan fingerprint density at radius 1 is 1.21 bits per heavy atom. The van der Waals surface area contributed by atoms with Gasteiger partial charge in [0.1, 0.15) is 6.67 Å². The van der Waals surface area contributed by atoms with Gasteiger partial charge in [0.2, 0.25) is 0 Å². The molecule has 0 heterocycles. The summed E-state index contributed by atoms with van der Waals surface area (Å²) >= 11 is 0. The zero-order chi connectivity index (χ0) is 11.0. The molecule has 1 atom stereocenters. The summed E-state index contributed by atoms with van der Waals surface area (Å²) in [6, 6.07) is 7.66. The topological polar surface area (TPSA) is 26.0 Å². The van der Waals surface area contributed by atoms with Gasteiger partial charge in [-0.1, -0.05) is 43.7 Å². The third kappa shape index (κ3) is 4.97. The van der Waals surface area contributed by atoms with E-state index in [1.807, 2.05) is 45.0 Å². The Bertz CT molecular complexity index is 231. The lowest BCUT2D eigenvalue weighted by molar-refractivity contribution is 0.427. The van der Waals surface area contributed by atoms with E-state index in [1.165, 1.54) is 5.56 Å². The molecule has 0 aliphatic heterocycles. The van der Waals surface area contributed by atoms with E-state index in [4.69, 9.17) is 5.73 Å². The van der Waals surface area contributed by atoms with Gasteiger partial charge in [0.05, 0.1) is 0 Å². The molecule has 0 bridgehead atoms. The number of hydrogen-bond donors (Lipinski definition) is 1. The fourth-order valence-electron chi connectivity index (χ4n) is 1.08. The fourth-order valence-corrected chi connectivity index (χ4v) is 1.08. The van der Waals surface area contributed by atoms with Gasteiger partial charge in [-0.05, 0) is 18.9 Å². The molecule has 1 nitrogen and oxygen atoms in total. The lowest BCUT2D eigenvalue weighted by atomic mass is 10.1. The Morgan fingerprint density at radius 2 is 1.71 bits per heavy atom. The minimum absolute atomic E-state index is 0.354. The summed E-state index contributed by atoms with van der Waals surface area (Å²) in [5.41, 5.74) is 7.79. The summed E-state index contributed by atoms with van der Waals surface area (Å²) < 4.78 is 12.0. The quantitative estimate of drug-likeness (QED) is 0.792. The molecule has 0 fully saturated rings. The van der Waals surface area contributed by atoms with Crippen LogP contribution in [-0.2, 0) is 6.42 Å². The first kappa shape index (κ1) is 13.1. The van der Waals surface area contributed by atoms with Crippen molar-refractivity contribution >= 4 is 0 Å². The third-order valence-corrected chi connectivity index (χ3v) is 1.82. The molecule has 1 aromatic carbocycles. The van der Waals surface area contributed by atoms with Crippen LogP contribution in [0.15, 0.2) is 24.3 Å². The average molecular weight is 197 g/mol. The van der Waals surface area contributed by atoms with Crippen LogP contribution in [0, 0.1) is 6.92 Å². The predicted octanol–water partition coefficient (Wildman–Crippen LogP) is 2.86. The predicted molar refractivity (Wildman–Crippen MR) is 60.2 cm³/mol. The second kappa shape index (κ2) is 7.51. The maximum atomic E-state index is 12.0. The molecular weight excluding hydrogens is 177 g/mol. The van der Waals surface area contributed by atoms with E-state index in [-0.39, 0.29) is 6.04 Å². The molecule has 14 heavy (non-hydrogen) atoms. The van der Waals surface area contributed by atoms with Crippen molar-refractivity contribution in [3.63, 3.8) is 0 Å². The van der Waals surface area contributed by atoms with Crippen molar-refractivity contribution < 1.29 is 4.39 Å². The van der Waals surface area contributed by atoms with Crippen LogP contribution in [0.25, 0.3) is 0 Å². The van der Waals surface area contributed by atoms with Crippen molar-refractivity contribution in [2.24, 2.45) is 5.73 Å². The lowest BCUT2D eigenvalue weighted by Crippen LogP contribution is -2.24. The number of halogens is 1. The normalized spacial score (nSPS) is 11.5. The van der Waals surface area contributed by atoms with Gasteiger partial charge in [-0.15, -0.1) is 0 Å². The van der Waals surface area contributed by atoms with Gasteiger partial charge in [0.25, 0.3) is 0 Å². The van der Waals surface area contributed by atoms with Crippen molar-refractivity contribution in [3.05, 3.63) is 35.4 Å². The van der Waals surface area contributed by atoms with Crippen LogP contribution in [0.4, 0.5) is 4.39 Å². The van der Waals surface area contributed by atoms with Crippen molar-refractivity contribution in [3.8, 4) is 0 Å². The monoisotopic (exact) mass is 197 g/mol. The van der Waals surface area contributed by atoms with Gasteiger partial charge in [0, 0.05) is 6.04 Å². The van der Waals surface area contributed by atoms with Crippen molar-refractivity contribution in [1.82, 2.24) is 0 Å². The van der Waals surface area contributed by atoms with Crippen LogP contribution < -0.4 is 5.73 Å². The number of benzene rings is 1. The highest BCUT2D eigenvalue weighted by Gasteiger charge is 2.01. The molecule has 1 rings (SSSR count). The lowest BCUT2D eigenvalue weighted by Gasteiger charge is -2.06. The van der Waals surface area contributed by atoms with Crippen LogP contribution in [-0.4, -0.2) is 12.7 Å². The highest BCUT2D eigenvalue weighted by Crippen LogP contribution is 2.05. The molecule has 0 spiro atoms. The smallest absolute Gasteiger partial charge is 0.105 e. The summed E-state index contributed by atoms with van der Waals surface area (Å²) in [4.78, 5) is 0. The Kier molecular flexibility index (Phi) is 7.03. The van der Waals surface area contributed by atoms with Crippen molar-refractivity contribution in [2.75, 3.05) is 6.67 Å². The van der Waals surface area contributed by atoms with Gasteiger partial charge in [-0.25, -0.2) is 4.39 Å². The number of aryl methyl sites for hydroxylation is 1. The first-order valence-corrected chi connectivity index (χ1v) is 5.09. The van der Waals surface area contributed by atoms with Crippen molar-refractivity contribution in [1.29, 1.82) is 0 Å².